The summed E-state index contributed by atoms with van der Waals surface area (Å²) in [5.74, 6) is 3.59. The van der Waals surface area contributed by atoms with Crippen LogP contribution in [-0.2, 0) is 17.7 Å². The average molecular weight is 428 g/mol. The summed E-state index contributed by atoms with van der Waals surface area (Å²) in [6, 6.07) is 0. The summed E-state index contributed by atoms with van der Waals surface area (Å²) in [6.45, 7) is 11.7. The van der Waals surface area contributed by atoms with Gasteiger partial charge in [0.05, 0.1) is 25.1 Å². The molecule has 0 aromatic carbocycles. The van der Waals surface area contributed by atoms with Gasteiger partial charge in [0, 0.05) is 17.8 Å². The number of ether oxygens (including phenoxy) is 1. The number of H-pyrrole nitrogens is 1. The van der Waals surface area contributed by atoms with E-state index >= 15 is 0 Å². The number of nitrogens with one attached hydrogen (secondary N) is 1. The second-order valence-electron chi connectivity index (χ2n) is 8.21. The maximum absolute atomic E-state index is 6.02. The molecule has 5 rings (SSSR count). The molecule has 3 aromatic rings. The van der Waals surface area contributed by atoms with Crippen molar-refractivity contribution >= 4 is 27.4 Å². The van der Waals surface area contributed by atoms with Crippen molar-refractivity contribution in [3.8, 4) is 0 Å². The Balaban J connectivity index is 1.49. The first-order valence-electron chi connectivity index (χ1n) is 10.9. The van der Waals surface area contributed by atoms with Gasteiger partial charge in [-0.1, -0.05) is 6.92 Å². The summed E-state index contributed by atoms with van der Waals surface area (Å²) < 4.78 is 6.02. The van der Waals surface area contributed by atoms with Crippen LogP contribution in [0, 0.1) is 13.8 Å². The Labute approximate surface area is 180 Å². The van der Waals surface area contributed by atoms with Crippen molar-refractivity contribution in [3.63, 3.8) is 0 Å². The molecule has 2 aliphatic heterocycles. The van der Waals surface area contributed by atoms with Crippen LogP contribution in [0.4, 0.5) is 5.82 Å². The summed E-state index contributed by atoms with van der Waals surface area (Å²) in [4.78, 5) is 21.8. The molecule has 2 fully saturated rings. The minimum atomic E-state index is -0.151. The Morgan fingerprint density at radius 2 is 1.97 bits per heavy atom. The maximum atomic E-state index is 6.02. The number of fused-ring (bicyclic) bond motifs is 1. The van der Waals surface area contributed by atoms with Crippen molar-refractivity contribution in [2.45, 2.75) is 52.7 Å². The molecular formula is C21H29N7OS. The van der Waals surface area contributed by atoms with Crippen LogP contribution in [0.2, 0.25) is 0 Å². The van der Waals surface area contributed by atoms with Gasteiger partial charge in [0.25, 0.3) is 0 Å². The monoisotopic (exact) mass is 427 g/mol. The Morgan fingerprint density at radius 1 is 1.13 bits per heavy atom. The lowest BCUT2D eigenvalue weighted by Crippen LogP contribution is -2.39. The van der Waals surface area contributed by atoms with Crippen LogP contribution >= 0.6 is 11.3 Å². The highest BCUT2D eigenvalue weighted by Crippen LogP contribution is 2.36. The van der Waals surface area contributed by atoms with Crippen molar-refractivity contribution in [1.82, 2.24) is 30.0 Å². The van der Waals surface area contributed by atoms with Crippen LogP contribution in [0.15, 0.2) is 0 Å². The zero-order valence-corrected chi connectivity index (χ0v) is 18.8. The number of hydrogen-bond donors (Lipinski definition) is 1. The Hall–Kier alpha value is -2.10. The van der Waals surface area contributed by atoms with Crippen LogP contribution < -0.4 is 4.90 Å². The lowest BCUT2D eigenvalue weighted by Gasteiger charge is -2.33. The van der Waals surface area contributed by atoms with Crippen LogP contribution in [0.5, 0.6) is 0 Å². The van der Waals surface area contributed by atoms with Gasteiger partial charge in [-0.2, -0.15) is 5.10 Å². The average Bonchev–Trinajstić information content (AvgIpc) is 3.49. The number of anilines is 1. The summed E-state index contributed by atoms with van der Waals surface area (Å²) in [5.41, 5.74) is 1.28. The number of morpholine rings is 1. The maximum Gasteiger partial charge on any atom is 0.181 e. The number of aromatic amines is 1. The predicted molar refractivity (Wildman–Crippen MR) is 118 cm³/mol. The number of nitrogens with zero attached hydrogens (tertiary/aromatic N) is 6. The third-order valence-corrected chi connectivity index (χ3v) is 7.26. The van der Waals surface area contributed by atoms with Crippen LogP contribution in [0.25, 0.3) is 10.2 Å². The molecule has 0 spiro atoms. The number of hydrogen-bond acceptors (Lipinski definition) is 8. The number of aryl methyl sites for hydroxylation is 3. The van der Waals surface area contributed by atoms with E-state index in [2.05, 4.69) is 45.8 Å². The molecule has 0 bridgehead atoms. The second-order valence-corrected chi connectivity index (χ2v) is 9.41. The third-order valence-electron chi connectivity index (χ3n) is 6.16. The molecule has 0 aliphatic carbocycles. The van der Waals surface area contributed by atoms with Crippen molar-refractivity contribution < 1.29 is 4.74 Å². The molecule has 8 nitrogen and oxygen atoms in total. The van der Waals surface area contributed by atoms with Crippen molar-refractivity contribution in [2.75, 3.05) is 37.7 Å². The van der Waals surface area contributed by atoms with Crippen molar-refractivity contribution in [3.05, 3.63) is 27.9 Å². The molecule has 3 aromatic heterocycles. The molecule has 5 heterocycles. The quantitative estimate of drug-likeness (QED) is 0.670. The zero-order chi connectivity index (χ0) is 20.7. The van der Waals surface area contributed by atoms with Crippen molar-refractivity contribution in [1.29, 1.82) is 0 Å². The standard InChI is InChI=1S/C21H29N7OS/c1-4-16-22-19(26-25-16)15-11-28(9-10-29-15)20-18-13(2)14(3)30-21(18)24-17(23-20)12-27-7-5-6-8-27/h15H,4-12H2,1-3H3,(H,22,25,26). The molecule has 0 saturated carbocycles. The normalized spacial score (nSPS) is 20.5. The van der Waals surface area contributed by atoms with Crippen LogP contribution in [0.1, 0.15) is 53.8 Å². The molecule has 2 aliphatic rings. The lowest BCUT2D eigenvalue weighted by molar-refractivity contribution is 0.0340. The van der Waals surface area contributed by atoms with E-state index in [-0.39, 0.29) is 6.10 Å². The molecule has 0 amide bonds. The van der Waals surface area contributed by atoms with E-state index in [0.29, 0.717) is 13.2 Å². The van der Waals surface area contributed by atoms with E-state index in [9.17, 15) is 0 Å². The Morgan fingerprint density at radius 3 is 2.73 bits per heavy atom. The first kappa shape index (κ1) is 19.8. The van der Waals surface area contributed by atoms with Gasteiger partial charge in [0.15, 0.2) is 5.82 Å². The molecule has 1 atom stereocenters. The SMILES string of the molecule is CCc1nc(C2CN(c3nc(CN4CCCC4)nc4sc(C)c(C)c34)CCO2)n[nH]1. The second kappa shape index (κ2) is 8.20. The van der Waals surface area contributed by atoms with Gasteiger partial charge < -0.3 is 9.64 Å². The fourth-order valence-electron chi connectivity index (χ4n) is 4.32. The topological polar surface area (TPSA) is 83.1 Å². The van der Waals surface area contributed by atoms with Gasteiger partial charge >= 0.3 is 0 Å². The molecule has 2 saturated heterocycles. The summed E-state index contributed by atoms with van der Waals surface area (Å²) in [7, 11) is 0. The summed E-state index contributed by atoms with van der Waals surface area (Å²) >= 11 is 1.78. The van der Waals surface area contributed by atoms with Gasteiger partial charge in [-0.15, -0.1) is 11.3 Å². The van der Waals surface area contributed by atoms with Crippen LogP contribution in [0.3, 0.4) is 0 Å². The first-order valence-corrected chi connectivity index (χ1v) is 11.7. The molecule has 1 unspecified atom stereocenters. The molecule has 1 N–H and O–H groups in total. The van der Waals surface area contributed by atoms with E-state index in [1.54, 1.807) is 11.3 Å². The van der Waals surface area contributed by atoms with E-state index < -0.39 is 0 Å². The molecule has 9 heteroatoms. The molecular weight excluding hydrogens is 398 g/mol. The minimum Gasteiger partial charge on any atom is -0.366 e. The first-order chi connectivity index (χ1) is 14.6. The summed E-state index contributed by atoms with van der Waals surface area (Å²) in [6.07, 6.45) is 3.23. The van der Waals surface area contributed by atoms with E-state index in [4.69, 9.17) is 14.7 Å². The highest BCUT2D eigenvalue weighted by atomic mass is 32.1. The van der Waals surface area contributed by atoms with E-state index in [1.165, 1.54) is 28.7 Å². The predicted octanol–water partition coefficient (Wildman–Crippen LogP) is 3.16. The Bertz CT molecular complexity index is 1040. The number of likely N-dealkylation sites (tertiary alicyclic amines) is 1. The van der Waals surface area contributed by atoms with Gasteiger partial charge in [0.1, 0.15) is 28.4 Å². The zero-order valence-electron chi connectivity index (χ0n) is 17.9. The molecule has 0 radical (unpaired) electrons. The number of rotatable bonds is 5. The fraction of sp³-hybridized carbons (Fsp3) is 0.619. The van der Waals surface area contributed by atoms with Gasteiger partial charge in [-0.25, -0.2) is 15.0 Å². The lowest BCUT2D eigenvalue weighted by atomic mass is 10.1. The van der Waals surface area contributed by atoms with Gasteiger partial charge in [-0.3, -0.25) is 10.00 Å². The number of thiophene rings is 1. The largest absolute Gasteiger partial charge is 0.366 e. The van der Waals surface area contributed by atoms with Gasteiger partial charge in [0.2, 0.25) is 0 Å². The molecule has 160 valence electrons. The highest BCUT2D eigenvalue weighted by molar-refractivity contribution is 7.18. The highest BCUT2D eigenvalue weighted by Gasteiger charge is 2.29. The van der Waals surface area contributed by atoms with Crippen LogP contribution in [-0.4, -0.2) is 62.8 Å². The van der Waals surface area contributed by atoms with Crippen molar-refractivity contribution in [2.24, 2.45) is 0 Å². The Kier molecular flexibility index (Phi) is 5.43. The molecule has 30 heavy (non-hydrogen) atoms. The minimum absolute atomic E-state index is 0.151. The van der Waals surface area contributed by atoms with E-state index in [0.717, 1.165) is 60.7 Å². The third kappa shape index (κ3) is 3.70. The smallest absolute Gasteiger partial charge is 0.181 e. The van der Waals surface area contributed by atoms with Gasteiger partial charge in [-0.05, 0) is 45.3 Å². The van der Waals surface area contributed by atoms with E-state index in [1.807, 2.05) is 0 Å². The summed E-state index contributed by atoms with van der Waals surface area (Å²) in [5, 5.41) is 8.58. The fourth-order valence-corrected chi connectivity index (χ4v) is 5.36. The number of aromatic nitrogens is 5.